The third-order valence-electron chi connectivity index (χ3n) is 1.46. The molecule has 0 fully saturated rings. The van der Waals surface area contributed by atoms with E-state index in [9.17, 15) is 13.0 Å². The van der Waals surface area contributed by atoms with Crippen LogP contribution < -0.4 is 29.6 Å². The van der Waals surface area contributed by atoms with Gasteiger partial charge in [-0.15, -0.1) is 0 Å². The Morgan fingerprint density at radius 1 is 1.38 bits per heavy atom. The Morgan fingerprint density at radius 2 is 1.92 bits per heavy atom. The SMILES string of the molecule is CCCCOC(CC)S(=O)(=O)[O-].[Na+]. The molecule has 0 heterocycles. The van der Waals surface area contributed by atoms with Gasteiger partial charge >= 0.3 is 29.6 Å². The zero-order chi connectivity index (χ0) is 9.61. The van der Waals surface area contributed by atoms with Crippen LogP contribution in [0.1, 0.15) is 33.1 Å². The van der Waals surface area contributed by atoms with Crippen molar-refractivity contribution >= 4 is 10.1 Å². The van der Waals surface area contributed by atoms with Crippen LogP contribution in [0.3, 0.4) is 0 Å². The maximum atomic E-state index is 10.5. The molecule has 0 aliphatic rings. The largest absolute Gasteiger partial charge is 1.00 e. The summed E-state index contributed by atoms with van der Waals surface area (Å²) < 4.78 is 36.3. The fourth-order valence-electron chi connectivity index (χ4n) is 0.764. The van der Waals surface area contributed by atoms with Crippen LogP contribution in [0.25, 0.3) is 0 Å². The molecule has 0 radical (unpaired) electrons. The summed E-state index contributed by atoms with van der Waals surface area (Å²) in [5.41, 5.74) is -1.16. The van der Waals surface area contributed by atoms with Gasteiger partial charge in [-0.25, -0.2) is 8.42 Å². The van der Waals surface area contributed by atoms with Crippen LogP contribution in [-0.4, -0.2) is 25.0 Å². The second kappa shape index (κ2) is 8.20. The summed E-state index contributed by atoms with van der Waals surface area (Å²) in [6.45, 7) is 3.93. The molecule has 4 nitrogen and oxygen atoms in total. The molecule has 74 valence electrons. The van der Waals surface area contributed by atoms with Gasteiger partial charge in [-0.1, -0.05) is 20.3 Å². The average molecular weight is 218 g/mol. The quantitative estimate of drug-likeness (QED) is 0.296. The van der Waals surface area contributed by atoms with Crippen molar-refractivity contribution in [1.29, 1.82) is 0 Å². The minimum absolute atomic E-state index is 0. The van der Waals surface area contributed by atoms with Gasteiger partial charge in [0.05, 0.1) is 0 Å². The zero-order valence-electron chi connectivity index (χ0n) is 8.45. The first-order valence-electron chi connectivity index (χ1n) is 4.08. The molecule has 0 saturated heterocycles. The number of rotatable bonds is 6. The summed E-state index contributed by atoms with van der Waals surface area (Å²) in [5.74, 6) is 0. The Morgan fingerprint density at radius 3 is 2.23 bits per heavy atom. The molecule has 1 unspecified atom stereocenters. The van der Waals surface area contributed by atoms with Gasteiger partial charge in [-0.3, -0.25) is 0 Å². The molecule has 13 heavy (non-hydrogen) atoms. The molecule has 0 bridgehead atoms. The van der Waals surface area contributed by atoms with Crippen LogP contribution in [0.15, 0.2) is 0 Å². The van der Waals surface area contributed by atoms with Crippen LogP contribution in [0.2, 0.25) is 0 Å². The zero-order valence-corrected chi connectivity index (χ0v) is 11.3. The smallest absolute Gasteiger partial charge is 0.746 e. The van der Waals surface area contributed by atoms with E-state index in [4.69, 9.17) is 4.74 Å². The van der Waals surface area contributed by atoms with E-state index in [0.717, 1.165) is 12.8 Å². The molecule has 0 saturated carbocycles. The topological polar surface area (TPSA) is 66.4 Å². The minimum Gasteiger partial charge on any atom is -0.746 e. The molecule has 6 heteroatoms. The number of ether oxygens (including phenoxy) is 1. The first kappa shape index (κ1) is 16.3. The van der Waals surface area contributed by atoms with Gasteiger partial charge < -0.3 is 9.29 Å². The van der Waals surface area contributed by atoms with Crippen molar-refractivity contribution in [1.82, 2.24) is 0 Å². The van der Waals surface area contributed by atoms with Crippen molar-refractivity contribution in [2.24, 2.45) is 0 Å². The van der Waals surface area contributed by atoms with Gasteiger partial charge in [0.2, 0.25) is 0 Å². The van der Waals surface area contributed by atoms with Crippen molar-refractivity contribution in [3.8, 4) is 0 Å². The van der Waals surface area contributed by atoms with Crippen LogP contribution in [-0.2, 0) is 14.9 Å². The van der Waals surface area contributed by atoms with Gasteiger partial charge in [-0.2, -0.15) is 0 Å². The Labute approximate surface area is 102 Å². The Kier molecular flexibility index (Phi) is 10.3. The monoisotopic (exact) mass is 218 g/mol. The summed E-state index contributed by atoms with van der Waals surface area (Å²) >= 11 is 0. The number of unbranched alkanes of at least 4 members (excludes halogenated alkanes) is 1. The summed E-state index contributed by atoms with van der Waals surface area (Å²) in [4.78, 5) is 0. The molecule has 0 aliphatic heterocycles. The second-order valence-electron chi connectivity index (χ2n) is 2.55. The maximum Gasteiger partial charge on any atom is 1.00 e. The van der Waals surface area contributed by atoms with Crippen molar-refractivity contribution in [2.45, 2.75) is 38.5 Å². The fourth-order valence-corrected chi connectivity index (χ4v) is 1.44. The van der Waals surface area contributed by atoms with Crippen LogP contribution >= 0.6 is 0 Å². The predicted molar refractivity (Wildman–Crippen MR) is 44.6 cm³/mol. The first-order chi connectivity index (χ1) is 5.52. The van der Waals surface area contributed by atoms with Gasteiger partial charge in [0, 0.05) is 6.61 Å². The van der Waals surface area contributed by atoms with E-state index in [1.807, 2.05) is 6.92 Å². The van der Waals surface area contributed by atoms with Crippen molar-refractivity contribution in [3.63, 3.8) is 0 Å². The third-order valence-corrected chi connectivity index (χ3v) is 2.57. The average Bonchev–Trinajstić information content (AvgIpc) is 1.95. The standard InChI is InChI=1S/C7H16O4S.Na/c1-3-5-6-11-7(4-2)12(8,9)10;/h7H,3-6H2,1-2H3,(H,8,9,10);/q;+1/p-1. The molecule has 0 aromatic heterocycles. The molecule has 0 N–H and O–H groups in total. The van der Waals surface area contributed by atoms with E-state index < -0.39 is 15.6 Å². The van der Waals surface area contributed by atoms with Gasteiger partial charge in [0.25, 0.3) is 0 Å². The van der Waals surface area contributed by atoms with E-state index in [-0.39, 0.29) is 36.0 Å². The second-order valence-corrected chi connectivity index (χ2v) is 4.07. The maximum absolute atomic E-state index is 10.5. The Balaban J connectivity index is 0. The predicted octanol–water partition coefficient (Wildman–Crippen LogP) is -1.91. The summed E-state index contributed by atoms with van der Waals surface area (Å²) in [5, 5.41) is 0. The van der Waals surface area contributed by atoms with E-state index in [2.05, 4.69) is 0 Å². The van der Waals surface area contributed by atoms with Crippen LogP contribution in [0.5, 0.6) is 0 Å². The molecule has 0 amide bonds. The van der Waals surface area contributed by atoms with Crippen molar-refractivity contribution < 1.29 is 47.3 Å². The number of hydrogen-bond donors (Lipinski definition) is 0. The van der Waals surface area contributed by atoms with Crippen LogP contribution in [0, 0.1) is 0 Å². The molecular formula is C7H15NaO4S. The Bertz CT molecular complexity index is 203. The van der Waals surface area contributed by atoms with E-state index in [1.165, 1.54) is 0 Å². The minimum atomic E-state index is -4.27. The molecule has 0 spiro atoms. The summed E-state index contributed by atoms with van der Waals surface area (Å²) in [6, 6.07) is 0. The van der Waals surface area contributed by atoms with E-state index in [1.54, 1.807) is 6.92 Å². The Hall–Kier alpha value is 0.870. The molecule has 0 aromatic rings. The molecular weight excluding hydrogens is 203 g/mol. The fraction of sp³-hybridized carbons (Fsp3) is 1.00. The first-order valence-corrected chi connectivity index (χ1v) is 5.55. The molecule has 0 aliphatic carbocycles. The number of hydrogen-bond acceptors (Lipinski definition) is 4. The van der Waals surface area contributed by atoms with Gasteiger partial charge in [-0.05, 0) is 12.8 Å². The van der Waals surface area contributed by atoms with Crippen LogP contribution in [0.4, 0.5) is 0 Å². The van der Waals surface area contributed by atoms with E-state index >= 15 is 0 Å². The van der Waals surface area contributed by atoms with Crippen molar-refractivity contribution in [2.75, 3.05) is 6.61 Å². The normalized spacial score (nSPS) is 13.5. The molecule has 0 aromatic carbocycles. The van der Waals surface area contributed by atoms with E-state index in [0.29, 0.717) is 6.61 Å². The third kappa shape index (κ3) is 7.90. The molecule has 0 rings (SSSR count). The summed E-state index contributed by atoms with van der Waals surface area (Å²) in [6.07, 6.45) is 1.93. The summed E-state index contributed by atoms with van der Waals surface area (Å²) in [7, 11) is -4.27. The van der Waals surface area contributed by atoms with Crippen molar-refractivity contribution in [3.05, 3.63) is 0 Å². The molecule has 1 atom stereocenters. The van der Waals surface area contributed by atoms with Gasteiger partial charge in [0.1, 0.15) is 15.6 Å². The van der Waals surface area contributed by atoms with Gasteiger partial charge in [0.15, 0.2) is 0 Å².